The molecule has 0 bridgehead atoms. The van der Waals surface area contributed by atoms with Crippen LogP contribution < -0.4 is 5.32 Å². The van der Waals surface area contributed by atoms with E-state index in [1.54, 1.807) is 0 Å². The largest absolute Gasteiger partial charge is 0.315 e. The Balaban J connectivity index is 3.20. The molecule has 0 aliphatic heterocycles. The molecule has 0 saturated carbocycles. The molecule has 0 saturated heterocycles. The van der Waals surface area contributed by atoms with Gasteiger partial charge in [0.15, 0.2) is 0 Å². The lowest BCUT2D eigenvalue weighted by atomic mass is 10.0. The van der Waals surface area contributed by atoms with Crippen LogP contribution in [0.25, 0.3) is 0 Å². The second kappa shape index (κ2) is 7.18. The van der Waals surface area contributed by atoms with Crippen LogP contribution in [0.2, 0.25) is 0 Å². The fourth-order valence-corrected chi connectivity index (χ4v) is 1.09. The van der Waals surface area contributed by atoms with Crippen molar-refractivity contribution in [3.8, 4) is 12.3 Å². The van der Waals surface area contributed by atoms with Crippen molar-refractivity contribution in [3.05, 3.63) is 0 Å². The molecule has 0 radical (unpaired) electrons. The summed E-state index contributed by atoms with van der Waals surface area (Å²) in [5.74, 6) is 3.43. The average molecular weight is 167 g/mol. The van der Waals surface area contributed by atoms with Gasteiger partial charge in [0.2, 0.25) is 0 Å². The van der Waals surface area contributed by atoms with E-state index in [2.05, 4.69) is 32.0 Å². The highest BCUT2D eigenvalue weighted by Crippen LogP contribution is 2.08. The predicted molar refractivity (Wildman–Crippen MR) is 55.0 cm³/mol. The van der Waals surface area contributed by atoms with Crippen molar-refractivity contribution in [3.63, 3.8) is 0 Å². The first kappa shape index (κ1) is 11.5. The zero-order valence-electron chi connectivity index (χ0n) is 8.56. The molecular weight excluding hydrogens is 146 g/mol. The monoisotopic (exact) mass is 167 g/mol. The second-order valence-corrected chi connectivity index (χ2v) is 3.75. The molecule has 0 amide bonds. The summed E-state index contributed by atoms with van der Waals surface area (Å²) in [7, 11) is 0. The number of nitrogens with one attached hydrogen (secondary N) is 1. The molecule has 1 N–H and O–H groups in total. The summed E-state index contributed by atoms with van der Waals surface area (Å²) in [6.07, 6.45) is 8.51. The van der Waals surface area contributed by atoms with E-state index in [1.165, 1.54) is 6.42 Å². The fourth-order valence-electron chi connectivity index (χ4n) is 1.09. The number of terminal acetylenes is 1. The molecule has 0 fully saturated rings. The van der Waals surface area contributed by atoms with Crippen molar-refractivity contribution in [2.24, 2.45) is 5.92 Å². The smallest absolute Gasteiger partial charge is 0.00886 e. The van der Waals surface area contributed by atoms with Gasteiger partial charge >= 0.3 is 0 Å². The van der Waals surface area contributed by atoms with Gasteiger partial charge in [0.05, 0.1) is 0 Å². The molecule has 0 aromatic carbocycles. The molecule has 0 aromatic rings. The Labute approximate surface area is 76.9 Å². The first-order chi connectivity index (χ1) is 5.66. The molecule has 0 aliphatic rings. The second-order valence-electron chi connectivity index (χ2n) is 3.75. The molecule has 0 heterocycles. The molecule has 1 heteroatoms. The maximum Gasteiger partial charge on any atom is 0.00886 e. The summed E-state index contributed by atoms with van der Waals surface area (Å²) < 4.78 is 0. The lowest BCUT2D eigenvalue weighted by Gasteiger charge is -2.12. The van der Waals surface area contributed by atoms with Crippen molar-refractivity contribution in [1.82, 2.24) is 5.32 Å². The van der Waals surface area contributed by atoms with Gasteiger partial charge in [-0.15, -0.1) is 12.3 Å². The highest BCUT2D eigenvalue weighted by Gasteiger charge is 2.00. The summed E-state index contributed by atoms with van der Waals surface area (Å²) >= 11 is 0. The Morgan fingerprint density at radius 2 is 1.92 bits per heavy atom. The third-order valence-corrected chi connectivity index (χ3v) is 1.97. The van der Waals surface area contributed by atoms with E-state index in [4.69, 9.17) is 6.42 Å². The van der Waals surface area contributed by atoms with Crippen LogP contribution >= 0.6 is 0 Å². The van der Waals surface area contributed by atoms with E-state index >= 15 is 0 Å². The van der Waals surface area contributed by atoms with Crippen LogP contribution in [0, 0.1) is 18.3 Å². The maximum absolute atomic E-state index is 5.19. The minimum atomic E-state index is 0.602. The molecule has 70 valence electrons. The number of hydrogen-bond donors (Lipinski definition) is 1. The predicted octanol–water partition coefficient (Wildman–Crippen LogP) is 2.42. The summed E-state index contributed by atoms with van der Waals surface area (Å²) in [6.45, 7) is 7.72. The zero-order valence-corrected chi connectivity index (χ0v) is 8.56. The van der Waals surface area contributed by atoms with Crippen LogP contribution in [0.5, 0.6) is 0 Å². The minimum absolute atomic E-state index is 0.602. The lowest BCUT2D eigenvalue weighted by Crippen LogP contribution is -2.24. The van der Waals surface area contributed by atoms with E-state index < -0.39 is 0 Å². The third-order valence-electron chi connectivity index (χ3n) is 1.97. The number of rotatable bonds is 6. The van der Waals surface area contributed by atoms with Crippen LogP contribution in [-0.2, 0) is 0 Å². The minimum Gasteiger partial charge on any atom is -0.315 e. The van der Waals surface area contributed by atoms with Crippen molar-refractivity contribution < 1.29 is 0 Å². The lowest BCUT2D eigenvalue weighted by molar-refractivity contribution is 0.458. The first-order valence-corrected chi connectivity index (χ1v) is 4.83. The summed E-state index contributed by atoms with van der Waals surface area (Å²) in [5.41, 5.74) is 0. The van der Waals surface area contributed by atoms with E-state index in [-0.39, 0.29) is 0 Å². The van der Waals surface area contributed by atoms with Gasteiger partial charge in [-0.25, -0.2) is 0 Å². The van der Waals surface area contributed by atoms with Crippen molar-refractivity contribution >= 4 is 0 Å². The Morgan fingerprint density at radius 1 is 1.25 bits per heavy atom. The van der Waals surface area contributed by atoms with Gasteiger partial charge in [-0.2, -0.15) is 0 Å². The molecule has 1 atom stereocenters. The van der Waals surface area contributed by atoms with Crippen LogP contribution in [0.3, 0.4) is 0 Å². The normalized spacial score (nSPS) is 12.9. The molecule has 12 heavy (non-hydrogen) atoms. The molecule has 0 spiro atoms. The standard InChI is InChI=1S/C11H21N/c1-5-6-7-11(4)8-9-12-10(2)3/h1,10-12H,6-9H2,2-4H3. The Bertz CT molecular complexity index is 132. The van der Waals surface area contributed by atoms with E-state index in [9.17, 15) is 0 Å². The van der Waals surface area contributed by atoms with E-state index in [1.807, 2.05) is 0 Å². The van der Waals surface area contributed by atoms with Gasteiger partial charge in [0.25, 0.3) is 0 Å². The van der Waals surface area contributed by atoms with Gasteiger partial charge in [-0.05, 0) is 25.3 Å². The molecule has 0 aliphatic carbocycles. The Morgan fingerprint density at radius 3 is 2.42 bits per heavy atom. The van der Waals surface area contributed by atoms with Crippen LogP contribution in [0.15, 0.2) is 0 Å². The fraction of sp³-hybridized carbons (Fsp3) is 0.818. The first-order valence-electron chi connectivity index (χ1n) is 4.83. The molecule has 0 rings (SSSR count). The molecule has 1 unspecified atom stereocenters. The SMILES string of the molecule is C#CCCC(C)CCNC(C)C. The Hall–Kier alpha value is -0.480. The van der Waals surface area contributed by atoms with E-state index in [0.717, 1.165) is 25.3 Å². The van der Waals surface area contributed by atoms with Crippen LogP contribution in [0.1, 0.15) is 40.0 Å². The maximum atomic E-state index is 5.19. The molecule has 0 aromatic heterocycles. The van der Waals surface area contributed by atoms with Gasteiger partial charge in [-0.3, -0.25) is 0 Å². The van der Waals surface area contributed by atoms with Crippen molar-refractivity contribution in [2.75, 3.05) is 6.54 Å². The topological polar surface area (TPSA) is 12.0 Å². The van der Waals surface area contributed by atoms with Gasteiger partial charge in [-0.1, -0.05) is 20.8 Å². The summed E-state index contributed by atoms with van der Waals surface area (Å²) in [6, 6.07) is 0.602. The van der Waals surface area contributed by atoms with Crippen molar-refractivity contribution in [1.29, 1.82) is 0 Å². The third kappa shape index (κ3) is 7.63. The van der Waals surface area contributed by atoms with Crippen LogP contribution in [0.4, 0.5) is 0 Å². The highest BCUT2D eigenvalue weighted by atomic mass is 14.9. The highest BCUT2D eigenvalue weighted by molar-refractivity contribution is 4.83. The van der Waals surface area contributed by atoms with E-state index in [0.29, 0.717) is 6.04 Å². The quantitative estimate of drug-likeness (QED) is 0.599. The van der Waals surface area contributed by atoms with Crippen LogP contribution in [-0.4, -0.2) is 12.6 Å². The average Bonchev–Trinajstić information content (AvgIpc) is 2.00. The summed E-state index contributed by atoms with van der Waals surface area (Å²) in [4.78, 5) is 0. The molecular formula is C11H21N. The van der Waals surface area contributed by atoms with Crippen molar-refractivity contribution in [2.45, 2.75) is 46.1 Å². The van der Waals surface area contributed by atoms with Gasteiger partial charge in [0, 0.05) is 12.5 Å². The number of hydrogen-bond acceptors (Lipinski definition) is 1. The van der Waals surface area contributed by atoms with Gasteiger partial charge < -0.3 is 5.32 Å². The zero-order chi connectivity index (χ0) is 9.40. The van der Waals surface area contributed by atoms with Gasteiger partial charge in [0.1, 0.15) is 0 Å². The summed E-state index contributed by atoms with van der Waals surface area (Å²) in [5, 5.41) is 3.40. The Kier molecular flexibility index (Phi) is 6.90. The molecule has 1 nitrogen and oxygen atoms in total.